The van der Waals surface area contributed by atoms with E-state index in [1.165, 1.54) is 19.3 Å². The minimum atomic E-state index is 0.172. The predicted molar refractivity (Wildman–Crippen MR) is 87.4 cm³/mol. The average Bonchev–Trinajstić information content (AvgIpc) is 3.29. The van der Waals surface area contributed by atoms with Crippen LogP contribution in [0.25, 0.3) is 0 Å². The maximum Gasteiger partial charge on any atom is 0.227 e. The standard InChI is InChI=1S/C18H26N2O/c1-12-3-4-13(2)17(11-12)19-15-7-9-16(10-8-15)20-18(21)14-5-6-14/h7-10,12-14,17,19H,3-6,11H2,1-2H3,(H,20,21). The molecule has 1 aromatic rings. The van der Waals surface area contributed by atoms with Gasteiger partial charge in [0.25, 0.3) is 0 Å². The van der Waals surface area contributed by atoms with E-state index in [1.54, 1.807) is 0 Å². The van der Waals surface area contributed by atoms with Crippen molar-refractivity contribution in [2.45, 2.75) is 52.0 Å². The molecule has 2 fully saturated rings. The number of benzene rings is 1. The van der Waals surface area contributed by atoms with Crippen LogP contribution in [0.5, 0.6) is 0 Å². The van der Waals surface area contributed by atoms with Crippen LogP contribution in [0.1, 0.15) is 46.0 Å². The summed E-state index contributed by atoms with van der Waals surface area (Å²) in [6.07, 6.45) is 6.01. The van der Waals surface area contributed by atoms with Gasteiger partial charge in [0, 0.05) is 23.3 Å². The molecule has 3 atom stereocenters. The lowest BCUT2D eigenvalue weighted by Gasteiger charge is -2.34. The summed E-state index contributed by atoms with van der Waals surface area (Å²) in [7, 11) is 0. The van der Waals surface area contributed by atoms with Crippen LogP contribution in [-0.2, 0) is 4.79 Å². The molecule has 3 nitrogen and oxygen atoms in total. The van der Waals surface area contributed by atoms with Gasteiger partial charge in [-0.05, 0) is 61.8 Å². The van der Waals surface area contributed by atoms with E-state index >= 15 is 0 Å². The number of rotatable bonds is 4. The summed E-state index contributed by atoms with van der Waals surface area (Å²) in [6.45, 7) is 4.69. The lowest BCUT2D eigenvalue weighted by molar-refractivity contribution is -0.117. The predicted octanol–water partition coefficient (Wildman–Crippen LogP) is 4.27. The lowest BCUT2D eigenvalue weighted by Crippen LogP contribution is -2.33. The van der Waals surface area contributed by atoms with E-state index in [9.17, 15) is 4.79 Å². The Morgan fingerprint density at radius 2 is 1.67 bits per heavy atom. The molecular weight excluding hydrogens is 260 g/mol. The number of hydrogen-bond acceptors (Lipinski definition) is 2. The quantitative estimate of drug-likeness (QED) is 0.867. The third-order valence-electron chi connectivity index (χ3n) is 4.91. The Labute approximate surface area is 127 Å². The third kappa shape index (κ3) is 3.78. The first-order chi connectivity index (χ1) is 10.1. The van der Waals surface area contributed by atoms with E-state index in [0.717, 1.165) is 36.1 Å². The largest absolute Gasteiger partial charge is 0.382 e. The van der Waals surface area contributed by atoms with Crippen LogP contribution in [-0.4, -0.2) is 11.9 Å². The summed E-state index contributed by atoms with van der Waals surface area (Å²) in [4.78, 5) is 11.7. The molecule has 3 heteroatoms. The van der Waals surface area contributed by atoms with Crippen LogP contribution in [0.2, 0.25) is 0 Å². The normalized spacial score (nSPS) is 29.0. The maximum atomic E-state index is 11.7. The van der Waals surface area contributed by atoms with Crippen molar-refractivity contribution in [2.75, 3.05) is 10.6 Å². The molecule has 1 aromatic carbocycles. The molecule has 21 heavy (non-hydrogen) atoms. The third-order valence-corrected chi connectivity index (χ3v) is 4.91. The Morgan fingerprint density at radius 3 is 2.33 bits per heavy atom. The summed E-state index contributed by atoms with van der Waals surface area (Å²) in [5.74, 6) is 1.98. The molecule has 0 saturated heterocycles. The van der Waals surface area contributed by atoms with Gasteiger partial charge >= 0.3 is 0 Å². The molecule has 2 N–H and O–H groups in total. The monoisotopic (exact) mass is 286 g/mol. The van der Waals surface area contributed by atoms with Crippen LogP contribution in [0.15, 0.2) is 24.3 Å². The number of amides is 1. The summed E-state index contributed by atoms with van der Waals surface area (Å²) < 4.78 is 0. The van der Waals surface area contributed by atoms with Crippen molar-refractivity contribution in [2.24, 2.45) is 17.8 Å². The number of hydrogen-bond donors (Lipinski definition) is 2. The maximum absolute atomic E-state index is 11.7. The van der Waals surface area contributed by atoms with Crippen LogP contribution >= 0.6 is 0 Å². The van der Waals surface area contributed by atoms with Crippen molar-refractivity contribution in [3.8, 4) is 0 Å². The summed E-state index contributed by atoms with van der Waals surface area (Å²) in [6, 6.07) is 8.72. The van der Waals surface area contributed by atoms with E-state index in [2.05, 4.69) is 36.6 Å². The smallest absolute Gasteiger partial charge is 0.227 e. The molecule has 3 rings (SSSR count). The van der Waals surface area contributed by atoms with Gasteiger partial charge in [-0.15, -0.1) is 0 Å². The van der Waals surface area contributed by atoms with Crippen LogP contribution in [0, 0.1) is 17.8 Å². The topological polar surface area (TPSA) is 41.1 Å². The molecule has 114 valence electrons. The number of nitrogens with one attached hydrogen (secondary N) is 2. The zero-order chi connectivity index (χ0) is 14.8. The van der Waals surface area contributed by atoms with Crippen molar-refractivity contribution >= 4 is 17.3 Å². The van der Waals surface area contributed by atoms with E-state index < -0.39 is 0 Å². The van der Waals surface area contributed by atoms with Gasteiger partial charge < -0.3 is 10.6 Å². The van der Waals surface area contributed by atoms with Crippen LogP contribution < -0.4 is 10.6 Å². The van der Waals surface area contributed by atoms with Gasteiger partial charge in [0.2, 0.25) is 5.91 Å². The highest BCUT2D eigenvalue weighted by molar-refractivity contribution is 5.94. The molecule has 2 aliphatic rings. The average molecular weight is 286 g/mol. The highest BCUT2D eigenvalue weighted by atomic mass is 16.2. The molecule has 0 heterocycles. The zero-order valence-electron chi connectivity index (χ0n) is 13.1. The van der Waals surface area contributed by atoms with Gasteiger partial charge in [-0.2, -0.15) is 0 Å². The molecule has 0 aliphatic heterocycles. The van der Waals surface area contributed by atoms with E-state index in [-0.39, 0.29) is 11.8 Å². The van der Waals surface area contributed by atoms with Gasteiger partial charge in [0.15, 0.2) is 0 Å². The second-order valence-corrected chi connectivity index (χ2v) is 6.99. The second-order valence-electron chi connectivity index (χ2n) is 6.99. The highest BCUT2D eigenvalue weighted by Gasteiger charge is 2.29. The zero-order valence-corrected chi connectivity index (χ0v) is 13.1. The first-order valence-corrected chi connectivity index (χ1v) is 8.29. The van der Waals surface area contributed by atoms with Crippen LogP contribution in [0.3, 0.4) is 0 Å². The van der Waals surface area contributed by atoms with Crippen molar-refractivity contribution in [3.05, 3.63) is 24.3 Å². The summed E-state index contributed by atoms with van der Waals surface area (Å²) in [5.41, 5.74) is 2.06. The first kappa shape index (κ1) is 14.4. The molecule has 2 aliphatic carbocycles. The minimum absolute atomic E-state index is 0.172. The van der Waals surface area contributed by atoms with Gasteiger partial charge in [0.05, 0.1) is 0 Å². The Morgan fingerprint density at radius 1 is 1.00 bits per heavy atom. The first-order valence-electron chi connectivity index (χ1n) is 8.29. The molecule has 0 spiro atoms. The van der Waals surface area contributed by atoms with Crippen molar-refractivity contribution in [1.82, 2.24) is 0 Å². The number of carbonyl (C=O) groups excluding carboxylic acids is 1. The summed E-state index contributed by atoms with van der Waals surface area (Å²) >= 11 is 0. The van der Waals surface area contributed by atoms with Crippen molar-refractivity contribution in [3.63, 3.8) is 0 Å². The fraction of sp³-hybridized carbons (Fsp3) is 0.611. The molecule has 2 saturated carbocycles. The van der Waals surface area contributed by atoms with Crippen molar-refractivity contribution < 1.29 is 4.79 Å². The molecule has 0 bridgehead atoms. The number of anilines is 2. The second kappa shape index (κ2) is 6.08. The number of carbonyl (C=O) groups is 1. The highest BCUT2D eigenvalue weighted by Crippen LogP contribution is 2.32. The lowest BCUT2D eigenvalue weighted by atomic mass is 9.80. The Kier molecular flexibility index (Phi) is 4.18. The molecular formula is C18H26N2O. The molecule has 1 amide bonds. The van der Waals surface area contributed by atoms with Crippen molar-refractivity contribution in [1.29, 1.82) is 0 Å². The molecule has 0 radical (unpaired) electrons. The van der Waals surface area contributed by atoms with Gasteiger partial charge in [-0.1, -0.05) is 20.3 Å². The fourth-order valence-corrected chi connectivity index (χ4v) is 3.19. The molecule has 3 unspecified atom stereocenters. The van der Waals surface area contributed by atoms with Gasteiger partial charge in [0.1, 0.15) is 0 Å². The van der Waals surface area contributed by atoms with Crippen LogP contribution in [0.4, 0.5) is 11.4 Å². The van der Waals surface area contributed by atoms with E-state index in [4.69, 9.17) is 0 Å². The minimum Gasteiger partial charge on any atom is -0.382 e. The van der Waals surface area contributed by atoms with E-state index in [1.807, 2.05) is 12.1 Å². The molecule has 0 aromatic heterocycles. The summed E-state index contributed by atoms with van der Waals surface area (Å²) in [5, 5.41) is 6.65. The van der Waals surface area contributed by atoms with Gasteiger partial charge in [-0.3, -0.25) is 4.79 Å². The fourth-order valence-electron chi connectivity index (χ4n) is 3.19. The Hall–Kier alpha value is -1.51. The van der Waals surface area contributed by atoms with Gasteiger partial charge in [-0.25, -0.2) is 0 Å². The Balaban J connectivity index is 1.57. The SMILES string of the molecule is CC1CCC(C)C(Nc2ccc(NC(=O)C3CC3)cc2)C1. The Bertz CT molecular complexity index is 492. The van der Waals surface area contributed by atoms with E-state index in [0.29, 0.717) is 6.04 Å².